The summed E-state index contributed by atoms with van der Waals surface area (Å²) in [5.74, 6) is 0.362. The highest BCUT2D eigenvalue weighted by Gasteiger charge is 2.37. The van der Waals surface area contributed by atoms with E-state index in [4.69, 9.17) is 26.4 Å². The first-order valence-corrected chi connectivity index (χ1v) is 21.3. The van der Waals surface area contributed by atoms with Crippen LogP contribution in [0, 0.1) is 5.92 Å². The minimum Gasteiger partial charge on any atom is -0.478 e. The van der Waals surface area contributed by atoms with Gasteiger partial charge in [0, 0.05) is 87.8 Å². The second-order valence-electron chi connectivity index (χ2n) is 17.2. The number of nitrogens with zero attached hydrogens (tertiary/aromatic N) is 9. The van der Waals surface area contributed by atoms with Crippen LogP contribution >= 0.6 is 11.6 Å². The minimum atomic E-state index is -0.427. The fourth-order valence-corrected chi connectivity index (χ4v) is 9.00. The zero-order valence-corrected chi connectivity index (χ0v) is 36.3. The summed E-state index contributed by atoms with van der Waals surface area (Å²) in [4.78, 5) is 70.8. The van der Waals surface area contributed by atoms with Gasteiger partial charge in [0.15, 0.2) is 18.2 Å². The lowest BCUT2D eigenvalue weighted by Gasteiger charge is -2.49. The third-order valence-corrected chi connectivity index (χ3v) is 12.5. The van der Waals surface area contributed by atoms with Gasteiger partial charge in [-0.15, -0.1) is 0 Å². The maximum Gasteiger partial charge on any atom is 0.294 e. The minimum absolute atomic E-state index is 0.0569. The predicted molar refractivity (Wildman–Crippen MR) is 235 cm³/mol. The lowest BCUT2D eigenvalue weighted by molar-refractivity contribution is -0.134. The van der Waals surface area contributed by atoms with Gasteiger partial charge >= 0.3 is 0 Å². The van der Waals surface area contributed by atoms with Gasteiger partial charge < -0.3 is 25.2 Å². The first-order valence-electron chi connectivity index (χ1n) is 20.9. The highest BCUT2D eigenvalue weighted by Crippen LogP contribution is 2.35. The molecule has 1 aromatic carbocycles. The lowest BCUT2D eigenvalue weighted by Crippen LogP contribution is -2.60. The number of hydrogen-bond donors (Lipinski definition) is 3. The van der Waals surface area contributed by atoms with Crippen LogP contribution in [0.3, 0.4) is 0 Å². The number of anilines is 4. The van der Waals surface area contributed by atoms with E-state index >= 15 is 0 Å². The molecule has 0 aliphatic carbocycles. The number of carbonyl (C=O) groups excluding carboxylic acids is 3. The van der Waals surface area contributed by atoms with E-state index in [1.807, 2.05) is 31.6 Å². The lowest BCUT2D eigenvalue weighted by atomic mass is 9.91. The van der Waals surface area contributed by atoms with E-state index in [1.54, 1.807) is 23.0 Å². The molecule has 4 aromatic heterocycles. The number of ether oxygens (including phenoxy) is 1. The average molecular weight is 853 g/mol. The van der Waals surface area contributed by atoms with Crippen LogP contribution < -0.4 is 36.0 Å². The van der Waals surface area contributed by atoms with Gasteiger partial charge in [-0.1, -0.05) is 11.6 Å². The van der Waals surface area contributed by atoms with Crippen molar-refractivity contribution in [3.8, 4) is 5.75 Å². The number of aromatic nitrogens is 6. The summed E-state index contributed by atoms with van der Waals surface area (Å²) >= 11 is 6.61. The Labute approximate surface area is 358 Å². The number of rotatable bonds is 11. The van der Waals surface area contributed by atoms with Crippen molar-refractivity contribution in [1.29, 1.82) is 0 Å². The van der Waals surface area contributed by atoms with Gasteiger partial charge in [0.2, 0.25) is 17.8 Å². The molecule has 8 rings (SSSR count). The molecule has 3 aliphatic rings. The number of halogens is 1. The fourth-order valence-electron chi connectivity index (χ4n) is 8.86. The van der Waals surface area contributed by atoms with Gasteiger partial charge in [0.25, 0.3) is 11.5 Å². The Kier molecular flexibility index (Phi) is 11.6. The summed E-state index contributed by atoms with van der Waals surface area (Å²) in [6.45, 7) is 13.5. The number of piperidine rings is 2. The highest BCUT2D eigenvalue weighted by atomic mass is 35.5. The summed E-state index contributed by atoms with van der Waals surface area (Å²) < 4.78 is 9.00. The van der Waals surface area contributed by atoms with Crippen molar-refractivity contribution in [2.45, 2.75) is 70.9 Å². The molecule has 1 atom stereocenters. The van der Waals surface area contributed by atoms with Crippen LogP contribution in [0.4, 0.5) is 23.1 Å². The Morgan fingerprint density at radius 3 is 2.52 bits per heavy atom. The van der Waals surface area contributed by atoms with Gasteiger partial charge in [0.05, 0.1) is 35.2 Å². The second kappa shape index (κ2) is 16.9. The standard InChI is InChI=1S/C43H53ClN12O5/c1-25(2)56-39-27(18-34(41(56)60)61-23-36(58)45-5)17-28(20-46-39)48-38-32(44)21-47-42(50-38)53-13-11-26(12-14-53)22-55-16-15-54(24-43(55,3)4)29-7-8-30-33(19-29)52(6)51-37(30)31-9-10-35(57)49-40(31)59/h7-8,17-21,25-26,31H,9-16,22-24H2,1-6H3,(H,45,58)(H,47,48,50)(H,49,57,59). The van der Waals surface area contributed by atoms with Crippen LogP contribution in [0.1, 0.15) is 71.0 Å². The van der Waals surface area contributed by atoms with Crippen molar-refractivity contribution in [1.82, 2.24) is 44.8 Å². The molecule has 3 aliphatic heterocycles. The highest BCUT2D eigenvalue weighted by molar-refractivity contribution is 6.33. The van der Waals surface area contributed by atoms with Crippen molar-refractivity contribution >= 4 is 74.4 Å². The number of carbonyl (C=O) groups is 3. The molecule has 0 radical (unpaired) electrons. The number of likely N-dealkylation sites (N-methyl/N-ethyl adjacent to an activating group) is 1. The Balaban J connectivity index is 0.891. The number of imide groups is 1. The zero-order valence-electron chi connectivity index (χ0n) is 35.5. The zero-order chi connectivity index (χ0) is 43.2. The van der Waals surface area contributed by atoms with Crippen LogP contribution in [0.2, 0.25) is 5.02 Å². The number of benzene rings is 1. The number of pyridine rings is 2. The van der Waals surface area contributed by atoms with Gasteiger partial charge in [0.1, 0.15) is 10.7 Å². The van der Waals surface area contributed by atoms with Crippen LogP contribution in [0.25, 0.3) is 21.9 Å². The van der Waals surface area contributed by atoms with E-state index in [1.165, 1.54) is 7.05 Å². The molecule has 3 saturated heterocycles. The molecule has 17 nitrogen and oxygen atoms in total. The third kappa shape index (κ3) is 8.58. The van der Waals surface area contributed by atoms with Crippen LogP contribution in [0.5, 0.6) is 5.75 Å². The number of nitrogens with one attached hydrogen (secondary N) is 3. The Morgan fingerprint density at radius 1 is 1.02 bits per heavy atom. The molecular formula is C43H53ClN12O5. The Morgan fingerprint density at radius 2 is 1.80 bits per heavy atom. The van der Waals surface area contributed by atoms with E-state index in [2.05, 4.69) is 72.7 Å². The molecule has 0 spiro atoms. The van der Waals surface area contributed by atoms with Crippen LogP contribution in [-0.2, 0) is 21.4 Å². The molecule has 0 bridgehead atoms. The first kappa shape index (κ1) is 41.9. The van der Waals surface area contributed by atoms with Crippen LogP contribution in [-0.4, -0.2) is 110 Å². The molecule has 5 aromatic rings. The van der Waals surface area contributed by atoms with E-state index < -0.39 is 5.92 Å². The molecule has 1 unspecified atom stereocenters. The summed E-state index contributed by atoms with van der Waals surface area (Å²) in [7, 11) is 3.42. The van der Waals surface area contributed by atoms with Crippen molar-refractivity contribution in [3.05, 3.63) is 63.8 Å². The summed E-state index contributed by atoms with van der Waals surface area (Å²) in [6, 6.07) is 9.63. The average Bonchev–Trinajstić information content (AvgIpc) is 3.56. The molecule has 7 heterocycles. The first-order chi connectivity index (χ1) is 29.2. The van der Waals surface area contributed by atoms with E-state index in [0.717, 1.165) is 74.4 Å². The quantitative estimate of drug-likeness (QED) is 0.158. The maximum atomic E-state index is 13.2. The number of amides is 3. The topological polar surface area (TPSA) is 185 Å². The van der Waals surface area contributed by atoms with E-state index in [0.29, 0.717) is 52.3 Å². The molecule has 322 valence electrons. The van der Waals surface area contributed by atoms with Gasteiger partial charge in [-0.25, -0.2) is 9.97 Å². The van der Waals surface area contributed by atoms with E-state index in [9.17, 15) is 19.2 Å². The Bertz CT molecular complexity index is 2560. The van der Waals surface area contributed by atoms with Crippen LogP contribution in [0.15, 0.2) is 47.5 Å². The predicted octanol–water partition coefficient (Wildman–Crippen LogP) is 4.51. The van der Waals surface area contributed by atoms with Gasteiger partial charge in [-0.05, 0) is 83.2 Å². The summed E-state index contributed by atoms with van der Waals surface area (Å²) in [5, 5.41) is 15.0. The number of piperazine rings is 1. The van der Waals surface area contributed by atoms with Crippen molar-refractivity contribution in [2.24, 2.45) is 13.0 Å². The van der Waals surface area contributed by atoms with Gasteiger partial charge in [-0.3, -0.25) is 38.6 Å². The van der Waals surface area contributed by atoms with Crippen molar-refractivity contribution in [2.75, 3.05) is 68.0 Å². The molecule has 61 heavy (non-hydrogen) atoms. The number of fused-ring (bicyclic) bond motifs is 2. The Hall–Kier alpha value is -5.81. The summed E-state index contributed by atoms with van der Waals surface area (Å²) in [6.07, 6.45) is 6.06. The SMILES string of the molecule is CNC(=O)COc1cc2cc(Nc3nc(N4CCC(CN5CCN(c6ccc7c(C8CCC(=O)NC8=O)nn(C)c7c6)CC5(C)C)CC4)ncc3Cl)cnc2n(C(C)C)c1=O. The maximum absolute atomic E-state index is 13.2. The normalized spacial score (nSPS) is 18.9. The molecule has 0 saturated carbocycles. The number of aryl methyl sites for hydroxylation is 1. The van der Waals surface area contributed by atoms with Gasteiger partial charge in [-0.2, -0.15) is 10.1 Å². The van der Waals surface area contributed by atoms with Crippen molar-refractivity contribution in [3.63, 3.8) is 0 Å². The summed E-state index contributed by atoms with van der Waals surface area (Å²) in [5.41, 5.74) is 3.53. The van der Waals surface area contributed by atoms with Crippen molar-refractivity contribution < 1.29 is 19.1 Å². The second-order valence-corrected chi connectivity index (χ2v) is 17.6. The molecule has 3 N–H and O–H groups in total. The fraction of sp³-hybridized carbons (Fsp3) is 0.488. The number of hydrogen-bond acceptors (Lipinski definition) is 13. The molecular weight excluding hydrogens is 800 g/mol. The monoisotopic (exact) mass is 852 g/mol. The molecule has 3 amide bonds. The van der Waals surface area contributed by atoms with E-state index in [-0.39, 0.29) is 47.2 Å². The molecule has 3 fully saturated rings. The largest absolute Gasteiger partial charge is 0.478 e. The smallest absolute Gasteiger partial charge is 0.294 e. The third-order valence-electron chi connectivity index (χ3n) is 12.2. The molecule has 18 heteroatoms.